The first-order valence-corrected chi connectivity index (χ1v) is 13.0. The summed E-state index contributed by atoms with van der Waals surface area (Å²) in [5, 5.41) is 13.6. The Kier molecular flexibility index (Phi) is 6.28. The van der Waals surface area contributed by atoms with Gasteiger partial charge in [-0.2, -0.15) is 0 Å². The minimum atomic E-state index is -1.50. The fraction of sp³-hybridized carbons (Fsp3) is 0.577. The number of hydrogen-bond donors (Lipinski definition) is 1. The number of fused-ring (bicyclic) bond motifs is 3. The number of ether oxygens (including phenoxy) is 2. The summed E-state index contributed by atoms with van der Waals surface area (Å²) in [5.41, 5.74) is -1.50. The zero-order valence-electron chi connectivity index (χ0n) is 18.7. The molecule has 0 radical (unpaired) electrons. The maximum absolute atomic E-state index is 13.5. The Morgan fingerprint density at radius 3 is 2.50 bits per heavy atom. The number of piperidine rings is 3. The zero-order valence-corrected chi connectivity index (χ0v) is 19.5. The van der Waals surface area contributed by atoms with Gasteiger partial charge in [-0.1, -0.05) is 37.1 Å². The first-order valence-electron chi connectivity index (χ1n) is 12.1. The second-order valence-electron chi connectivity index (χ2n) is 9.86. The third-order valence-corrected chi connectivity index (χ3v) is 9.03. The van der Waals surface area contributed by atoms with E-state index in [1.807, 2.05) is 47.8 Å². The SMILES string of the molecule is O=C(O[C@@H]1C[N+]2(CCOc3ccccc3)CCC1CC2)[C@](O)(c1cccs1)C1CCCC1. The second-order valence-corrected chi connectivity index (χ2v) is 10.8. The lowest BCUT2D eigenvalue weighted by molar-refractivity contribution is -0.946. The van der Waals surface area contributed by atoms with Crippen LogP contribution in [0.15, 0.2) is 47.8 Å². The minimum absolute atomic E-state index is 0.0443. The molecule has 172 valence electrons. The molecule has 4 heterocycles. The molecular formula is C26H34NO4S+. The summed E-state index contributed by atoms with van der Waals surface area (Å²) in [6.45, 7) is 4.66. The smallest absolute Gasteiger partial charge is 0.344 e. The van der Waals surface area contributed by atoms with Gasteiger partial charge < -0.3 is 19.1 Å². The van der Waals surface area contributed by atoms with Crippen molar-refractivity contribution in [1.29, 1.82) is 0 Å². The van der Waals surface area contributed by atoms with E-state index < -0.39 is 11.6 Å². The summed E-state index contributed by atoms with van der Waals surface area (Å²) in [6.07, 6.45) is 5.93. The summed E-state index contributed by atoms with van der Waals surface area (Å²) in [6, 6.07) is 13.7. The first kappa shape index (κ1) is 21.9. The van der Waals surface area contributed by atoms with E-state index in [4.69, 9.17) is 9.47 Å². The van der Waals surface area contributed by atoms with Crippen molar-refractivity contribution >= 4 is 17.3 Å². The standard InChI is InChI=1S/C26H34NO4S/c28-25(26(29,21-7-4-5-8-21)24-11-6-18-32-24)31-23-19-27(14-12-20(23)13-15-27)16-17-30-22-9-2-1-3-10-22/h1-3,6,9-11,18,20-21,23,29H,4-5,7-8,12-17,19H2/q+1/t20?,23-,26-,27?/m1/s1. The van der Waals surface area contributed by atoms with Gasteiger partial charge in [-0.15, -0.1) is 11.3 Å². The lowest BCUT2D eigenvalue weighted by Gasteiger charge is -2.52. The van der Waals surface area contributed by atoms with E-state index in [2.05, 4.69) is 0 Å². The Balaban J connectivity index is 1.26. The van der Waals surface area contributed by atoms with Gasteiger partial charge in [0.15, 0.2) is 11.7 Å². The van der Waals surface area contributed by atoms with Crippen molar-refractivity contribution in [2.24, 2.45) is 11.8 Å². The molecule has 2 bridgehead atoms. The van der Waals surface area contributed by atoms with E-state index in [1.165, 1.54) is 11.3 Å². The largest absolute Gasteiger partial charge is 0.488 e. The first-order chi connectivity index (χ1) is 15.6. The Bertz CT molecular complexity index is 888. The number of nitrogens with zero attached hydrogens (tertiary/aromatic N) is 1. The van der Waals surface area contributed by atoms with Gasteiger partial charge >= 0.3 is 5.97 Å². The van der Waals surface area contributed by atoms with Gasteiger partial charge in [0.25, 0.3) is 0 Å². The van der Waals surface area contributed by atoms with Crippen LogP contribution in [0.5, 0.6) is 5.75 Å². The molecule has 1 aliphatic carbocycles. The van der Waals surface area contributed by atoms with E-state index >= 15 is 0 Å². The molecule has 1 aromatic heterocycles. The average molecular weight is 457 g/mol. The molecule has 4 fully saturated rings. The molecule has 1 N–H and O–H groups in total. The van der Waals surface area contributed by atoms with Gasteiger partial charge in [0, 0.05) is 29.6 Å². The molecule has 0 spiro atoms. The summed E-state index contributed by atoms with van der Waals surface area (Å²) in [5.74, 6) is 0.838. The molecule has 2 aromatic rings. The molecule has 1 saturated carbocycles. The number of hydrogen-bond acceptors (Lipinski definition) is 5. The van der Waals surface area contributed by atoms with E-state index in [9.17, 15) is 9.90 Å². The van der Waals surface area contributed by atoms with Gasteiger partial charge in [0.2, 0.25) is 0 Å². The molecule has 6 rings (SSSR count). The zero-order chi connectivity index (χ0) is 22.0. The molecule has 4 aliphatic rings. The van der Waals surface area contributed by atoms with Crippen LogP contribution in [0.1, 0.15) is 43.4 Å². The van der Waals surface area contributed by atoms with Crippen molar-refractivity contribution in [2.45, 2.75) is 50.2 Å². The third kappa shape index (κ3) is 4.20. The molecule has 3 aliphatic heterocycles. The molecule has 0 unspecified atom stereocenters. The van der Waals surface area contributed by atoms with Gasteiger partial charge in [0.05, 0.1) is 13.1 Å². The fourth-order valence-corrected chi connectivity index (χ4v) is 6.97. The topological polar surface area (TPSA) is 55.8 Å². The molecule has 3 saturated heterocycles. The Hall–Kier alpha value is -1.89. The number of benzene rings is 1. The Labute approximate surface area is 194 Å². The van der Waals surface area contributed by atoms with Crippen LogP contribution in [0, 0.1) is 11.8 Å². The number of carbonyl (C=O) groups is 1. The molecular weight excluding hydrogens is 422 g/mol. The maximum atomic E-state index is 13.5. The van der Waals surface area contributed by atoms with Gasteiger partial charge in [0.1, 0.15) is 25.4 Å². The fourth-order valence-electron chi connectivity index (χ4n) is 6.08. The molecule has 1 aromatic carbocycles. The summed E-state index contributed by atoms with van der Waals surface area (Å²) in [4.78, 5) is 14.2. The maximum Gasteiger partial charge on any atom is 0.344 e. The second kappa shape index (κ2) is 9.16. The van der Waals surface area contributed by atoms with Crippen LogP contribution in [0.2, 0.25) is 0 Å². The number of esters is 1. The van der Waals surface area contributed by atoms with Crippen LogP contribution in [0.25, 0.3) is 0 Å². The molecule has 32 heavy (non-hydrogen) atoms. The highest BCUT2D eigenvalue weighted by Gasteiger charge is 2.53. The van der Waals surface area contributed by atoms with Crippen molar-refractivity contribution in [3.63, 3.8) is 0 Å². The number of rotatable bonds is 8. The predicted octanol–water partition coefficient (Wildman–Crippen LogP) is 4.36. The van der Waals surface area contributed by atoms with Crippen LogP contribution in [0.3, 0.4) is 0 Å². The highest BCUT2D eigenvalue weighted by Crippen LogP contribution is 2.44. The van der Waals surface area contributed by atoms with E-state index in [1.54, 1.807) is 0 Å². The Morgan fingerprint density at radius 1 is 1.06 bits per heavy atom. The van der Waals surface area contributed by atoms with E-state index in [-0.39, 0.29) is 12.0 Å². The highest BCUT2D eigenvalue weighted by molar-refractivity contribution is 7.10. The van der Waals surface area contributed by atoms with Crippen LogP contribution < -0.4 is 4.74 Å². The average Bonchev–Trinajstić information content (AvgIpc) is 3.55. The van der Waals surface area contributed by atoms with E-state index in [0.29, 0.717) is 12.5 Å². The van der Waals surface area contributed by atoms with Crippen molar-refractivity contribution in [1.82, 2.24) is 0 Å². The normalized spacial score (nSPS) is 29.5. The van der Waals surface area contributed by atoms with Crippen LogP contribution in [-0.2, 0) is 15.1 Å². The monoisotopic (exact) mass is 456 g/mol. The molecule has 2 atom stereocenters. The van der Waals surface area contributed by atoms with Crippen molar-refractivity contribution in [2.75, 3.05) is 32.8 Å². The lowest BCUT2D eigenvalue weighted by Crippen LogP contribution is -2.65. The number of quaternary nitrogens is 1. The number of aliphatic hydroxyl groups is 1. The summed E-state index contributed by atoms with van der Waals surface area (Å²) in [7, 11) is 0. The predicted molar refractivity (Wildman–Crippen MR) is 124 cm³/mol. The van der Waals surface area contributed by atoms with Gasteiger partial charge in [-0.25, -0.2) is 4.79 Å². The molecule has 6 heteroatoms. The van der Waals surface area contributed by atoms with Crippen molar-refractivity contribution < 1.29 is 23.9 Å². The van der Waals surface area contributed by atoms with Gasteiger partial charge in [-0.3, -0.25) is 0 Å². The number of para-hydroxylation sites is 1. The number of carbonyl (C=O) groups excluding carboxylic acids is 1. The molecule has 5 nitrogen and oxygen atoms in total. The van der Waals surface area contributed by atoms with Crippen LogP contribution in [0.4, 0.5) is 0 Å². The Morgan fingerprint density at radius 2 is 1.81 bits per heavy atom. The summed E-state index contributed by atoms with van der Waals surface area (Å²) < 4.78 is 13.1. The lowest BCUT2D eigenvalue weighted by atomic mass is 9.82. The van der Waals surface area contributed by atoms with Crippen molar-refractivity contribution in [3.05, 3.63) is 52.7 Å². The van der Waals surface area contributed by atoms with Crippen molar-refractivity contribution in [3.8, 4) is 5.75 Å². The van der Waals surface area contributed by atoms with Crippen LogP contribution in [-0.4, -0.2) is 54.4 Å². The van der Waals surface area contributed by atoms with Gasteiger partial charge in [-0.05, 0) is 36.4 Å². The number of thiophene rings is 1. The summed E-state index contributed by atoms with van der Waals surface area (Å²) >= 11 is 1.46. The third-order valence-electron chi connectivity index (χ3n) is 8.03. The van der Waals surface area contributed by atoms with Crippen LogP contribution >= 0.6 is 11.3 Å². The highest BCUT2D eigenvalue weighted by atomic mass is 32.1. The minimum Gasteiger partial charge on any atom is -0.488 e. The molecule has 0 amide bonds. The quantitative estimate of drug-likeness (QED) is 0.474. The van der Waals surface area contributed by atoms with E-state index in [0.717, 1.165) is 79.8 Å².